The van der Waals surface area contributed by atoms with Gasteiger partial charge in [0.05, 0.1) is 5.02 Å². The highest BCUT2D eigenvalue weighted by Crippen LogP contribution is 2.25. The third-order valence-corrected chi connectivity index (χ3v) is 2.17. The quantitative estimate of drug-likeness (QED) is 0.656. The van der Waals surface area contributed by atoms with E-state index in [-0.39, 0.29) is 0 Å². The molecule has 1 heterocycles. The van der Waals surface area contributed by atoms with Crippen molar-refractivity contribution >= 4 is 22.5 Å². The number of hydrogen-bond donors (Lipinski definition) is 1. The monoisotopic (exact) mass is 209 g/mol. The third kappa shape index (κ3) is 2.30. The Kier molecular flexibility index (Phi) is 4.02. The van der Waals surface area contributed by atoms with E-state index in [4.69, 9.17) is 11.6 Å². The molecule has 1 nitrogen and oxygen atoms in total. The van der Waals surface area contributed by atoms with Crippen molar-refractivity contribution in [2.24, 2.45) is 0 Å². The maximum absolute atomic E-state index is 5.98. The third-order valence-electron chi connectivity index (χ3n) is 1.85. The Balaban J connectivity index is 0.000000293. The number of aromatic amines is 1. The largest absolute Gasteiger partial charge is 0.361 e. The minimum atomic E-state index is 0.821. The smallest absolute Gasteiger partial charge is 0.0502 e. The Hall–Kier alpha value is -0.950. The number of hydrogen-bond acceptors (Lipinski definition) is 0. The van der Waals surface area contributed by atoms with Gasteiger partial charge in [-0.25, -0.2) is 0 Å². The zero-order valence-electron chi connectivity index (χ0n) is 8.89. The summed E-state index contributed by atoms with van der Waals surface area (Å²) in [6, 6.07) is 5.87. The minimum absolute atomic E-state index is 0.821. The van der Waals surface area contributed by atoms with Crippen LogP contribution < -0.4 is 0 Å². The van der Waals surface area contributed by atoms with Crippen LogP contribution in [0.25, 0.3) is 10.9 Å². The second kappa shape index (κ2) is 5.06. The number of halogens is 1. The van der Waals surface area contributed by atoms with Crippen LogP contribution in [0.2, 0.25) is 5.02 Å². The van der Waals surface area contributed by atoms with Crippen LogP contribution in [0.5, 0.6) is 0 Å². The van der Waals surface area contributed by atoms with E-state index in [0.29, 0.717) is 0 Å². The molecule has 0 fully saturated rings. The van der Waals surface area contributed by atoms with E-state index in [1.165, 1.54) is 12.0 Å². The second-order valence-corrected chi connectivity index (χ2v) is 3.75. The van der Waals surface area contributed by atoms with E-state index < -0.39 is 0 Å². The molecule has 0 bridgehead atoms. The van der Waals surface area contributed by atoms with Crippen molar-refractivity contribution in [2.75, 3.05) is 0 Å². The van der Waals surface area contributed by atoms with Crippen LogP contribution in [0.4, 0.5) is 0 Å². The Bertz CT molecular complexity index is 404. The van der Waals surface area contributed by atoms with Crippen molar-refractivity contribution < 1.29 is 0 Å². The molecule has 0 saturated carbocycles. The van der Waals surface area contributed by atoms with Gasteiger partial charge in [0.2, 0.25) is 0 Å². The minimum Gasteiger partial charge on any atom is -0.361 e. The molecule has 0 saturated heterocycles. The normalized spacial score (nSPS) is 9.71. The maximum Gasteiger partial charge on any atom is 0.0502 e. The van der Waals surface area contributed by atoms with Gasteiger partial charge in [0.15, 0.2) is 0 Å². The van der Waals surface area contributed by atoms with Crippen molar-refractivity contribution in [3.05, 3.63) is 35.0 Å². The van der Waals surface area contributed by atoms with Crippen LogP contribution in [0.1, 0.15) is 25.8 Å². The SMILES string of the molecule is CCC.Cc1c[nH]c2cccc(Cl)c12. The lowest BCUT2D eigenvalue weighted by molar-refractivity contribution is 1.09. The predicted octanol–water partition coefficient (Wildman–Crippen LogP) is 4.55. The Morgan fingerprint density at radius 2 is 1.93 bits per heavy atom. The van der Waals surface area contributed by atoms with E-state index >= 15 is 0 Å². The Morgan fingerprint density at radius 3 is 2.50 bits per heavy atom. The van der Waals surface area contributed by atoms with Crippen LogP contribution >= 0.6 is 11.6 Å². The summed E-state index contributed by atoms with van der Waals surface area (Å²) in [5.74, 6) is 0. The fourth-order valence-corrected chi connectivity index (χ4v) is 1.63. The molecule has 2 heteroatoms. The van der Waals surface area contributed by atoms with Crippen LogP contribution in [-0.4, -0.2) is 4.98 Å². The molecular formula is C12H16ClN. The van der Waals surface area contributed by atoms with E-state index in [1.807, 2.05) is 31.3 Å². The molecular weight excluding hydrogens is 194 g/mol. The lowest BCUT2D eigenvalue weighted by Crippen LogP contribution is -1.69. The first-order valence-electron chi connectivity index (χ1n) is 4.92. The predicted molar refractivity (Wildman–Crippen MR) is 64.0 cm³/mol. The molecule has 2 aromatic rings. The lowest BCUT2D eigenvalue weighted by atomic mass is 10.2. The van der Waals surface area contributed by atoms with Crippen molar-refractivity contribution in [1.29, 1.82) is 0 Å². The van der Waals surface area contributed by atoms with Gasteiger partial charge in [0.1, 0.15) is 0 Å². The van der Waals surface area contributed by atoms with Crippen molar-refractivity contribution in [3.63, 3.8) is 0 Å². The maximum atomic E-state index is 5.98. The number of H-pyrrole nitrogens is 1. The molecule has 1 aromatic carbocycles. The van der Waals surface area contributed by atoms with Crippen LogP contribution in [0.3, 0.4) is 0 Å². The highest BCUT2D eigenvalue weighted by Gasteiger charge is 2.01. The zero-order chi connectivity index (χ0) is 10.6. The van der Waals surface area contributed by atoms with Gasteiger partial charge < -0.3 is 4.98 Å². The summed E-state index contributed by atoms with van der Waals surface area (Å²) in [4.78, 5) is 3.14. The molecule has 0 spiro atoms. The van der Waals surface area contributed by atoms with Gasteiger partial charge in [-0.05, 0) is 24.6 Å². The van der Waals surface area contributed by atoms with Gasteiger partial charge in [-0.15, -0.1) is 0 Å². The molecule has 1 aromatic heterocycles. The Morgan fingerprint density at radius 1 is 1.29 bits per heavy atom. The molecule has 14 heavy (non-hydrogen) atoms. The average Bonchev–Trinajstić information content (AvgIpc) is 2.51. The van der Waals surface area contributed by atoms with Crippen molar-refractivity contribution in [3.8, 4) is 0 Å². The van der Waals surface area contributed by atoms with Gasteiger partial charge in [-0.3, -0.25) is 0 Å². The first kappa shape index (κ1) is 11.1. The number of fused-ring (bicyclic) bond motifs is 1. The van der Waals surface area contributed by atoms with Crippen LogP contribution in [-0.2, 0) is 0 Å². The van der Waals surface area contributed by atoms with Crippen LogP contribution in [0, 0.1) is 6.92 Å². The van der Waals surface area contributed by atoms with Gasteiger partial charge in [0.25, 0.3) is 0 Å². The second-order valence-electron chi connectivity index (χ2n) is 3.34. The first-order valence-corrected chi connectivity index (χ1v) is 5.30. The summed E-state index contributed by atoms with van der Waals surface area (Å²) in [5, 5.41) is 1.95. The summed E-state index contributed by atoms with van der Waals surface area (Å²) < 4.78 is 0. The van der Waals surface area contributed by atoms with Gasteiger partial charge in [0, 0.05) is 17.1 Å². The topological polar surface area (TPSA) is 15.8 Å². The number of rotatable bonds is 0. The molecule has 0 unspecified atom stereocenters. The zero-order valence-corrected chi connectivity index (χ0v) is 9.65. The molecule has 0 amide bonds. The molecule has 0 aliphatic rings. The fourth-order valence-electron chi connectivity index (χ4n) is 1.30. The molecule has 0 radical (unpaired) electrons. The summed E-state index contributed by atoms with van der Waals surface area (Å²) in [6.07, 6.45) is 3.22. The van der Waals surface area contributed by atoms with Gasteiger partial charge in [-0.1, -0.05) is 37.9 Å². The highest BCUT2D eigenvalue weighted by molar-refractivity contribution is 6.35. The van der Waals surface area contributed by atoms with Crippen molar-refractivity contribution in [2.45, 2.75) is 27.2 Å². The summed E-state index contributed by atoms with van der Waals surface area (Å²) in [7, 11) is 0. The molecule has 76 valence electrons. The fraction of sp³-hybridized carbons (Fsp3) is 0.333. The molecule has 0 aliphatic heterocycles. The molecule has 2 rings (SSSR count). The summed E-state index contributed by atoms with van der Waals surface area (Å²) >= 11 is 5.98. The van der Waals surface area contributed by atoms with E-state index in [2.05, 4.69) is 18.8 Å². The number of aryl methyl sites for hydroxylation is 1. The number of aromatic nitrogens is 1. The van der Waals surface area contributed by atoms with Gasteiger partial charge in [-0.2, -0.15) is 0 Å². The molecule has 0 atom stereocenters. The van der Waals surface area contributed by atoms with E-state index in [1.54, 1.807) is 0 Å². The first-order chi connectivity index (χ1) is 6.70. The summed E-state index contributed by atoms with van der Waals surface area (Å²) in [5.41, 5.74) is 2.31. The average molecular weight is 210 g/mol. The summed E-state index contributed by atoms with van der Waals surface area (Å²) in [6.45, 7) is 6.30. The number of benzene rings is 1. The van der Waals surface area contributed by atoms with E-state index in [9.17, 15) is 0 Å². The number of nitrogens with one attached hydrogen (secondary N) is 1. The highest BCUT2D eigenvalue weighted by atomic mass is 35.5. The van der Waals surface area contributed by atoms with Gasteiger partial charge >= 0.3 is 0 Å². The lowest BCUT2D eigenvalue weighted by Gasteiger charge is -1.93. The van der Waals surface area contributed by atoms with Crippen LogP contribution in [0.15, 0.2) is 24.4 Å². The van der Waals surface area contributed by atoms with E-state index in [0.717, 1.165) is 15.9 Å². The standard InChI is InChI=1S/C9H8ClN.C3H8/c1-6-5-11-8-4-2-3-7(10)9(6)8;1-3-2/h2-5,11H,1H3;3H2,1-2H3. The molecule has 0 aliphatic carbocycles. The Labute approximate surface area is 90.1 Å². The molecule has 1 N–H and O–H groups in total. The van der Waals surface area contributed by atoms with Crippen molar-refractivity contribution in [1.82, 2.24) is 4.98 Å².